The molecule has 6 heteroatoms. The topological polar surface area (TPSA) is 41.6 Å². The molecule has 1 aromatic rings. The van der Waals surface area contributed by atoms with Gasteiger partial charge in [0.05, 0.1) is 4.47 Å². The third-order valence-corrected chi connectivity index (χ3v) is 4.26. The van der Waals surface area contributed by atoms with E-state index in [4.69, 9.17) is 4.74 Å². The number of hydrogen-bond donors (Lipinski definition) is 1. The fourth-order valence-electron chi connectivity index (χ4n) is 2.56. The maximum Gasteiger partial charge on any atom is 0.263 e. The van der Waals surface area contributed by atoms with Gasteiger partial charge in [0.15, 0.2) is 6.10 Å². The highest BCUT2D eigenvalue weighted by atomic mass is 79.9. The van der Waals surface area contributed by atoms with Crippen molar-refractivity contribution >= 4 is 21.8 Å². The van der Waals surface area contributed by atoms with Gasteiger partial charge in [-0.05, 0) is 67.0 Å². The second-order valence-electron chi connectivity index (χ2n) is 5.33. The second kappa shape index (κ2) is 7.22. The lowest BCUT2D eigenvalue weighted by molar-refractivity contribution is -0.137. The normalized spacial score (nSPS) is 19.6. The molecule has 0 aromatic heterocycles. The van der Waals surface area contributed by atoms with E-state index in [0.29, 0.717) is 16.1 Å². The summed E-state index contributed by atoms with van der Waals surface area (Å²) < 4.78 is 19.2. The van der Waals surface area contributed by atoms with Crippen molar-refractivity contribution in [1.29, 1.82) is 0 Å². The highest BCUT2D eigenvalue weighted by Crippen LogP contribution is 2.27. The van der Waals surface area contributed by atoms with Crippen LogP contribution in [0.3, 0.4) is 0 Å². The summed E-state index contributed by atoms with van der Waals surface area (Å²) in [4.78, 5) is 14.2. The highest BCUT2D eigenvalue weighted by Gasteiger charge is 2.29. The molecule has 0 saturated carbocycles. The van der Waals surface area contributed by atoms with Gasteiger partial charge in [-0.3, -0.25) is 4.79 Å². The monoisotopic (exact) mass is 358 g/mol. The van der Waals surface area contributed by atoms with E-state index in [1.54, 1.807) is 6.92 Å². The van der Waals surface area contributed by atoms with Crippen molar-refractivity contribution in [3.63, 3.8) is 0 Å². The molecule has 21 heavy (non-hydrogen) atoms. The maximum atomic E-state index is 13.0. The molecule has 0 aliphatic carbocycles. The van der Waals surface area contributed by atoms with Gasteiger partial charge < -0.3 is 15.0 Å². The van der Waals surface area contributed by atoms with Gasteiger partial charge in [-0.15, -0.1) is 0 Å². The molecule has 1 heterocycles. The molecule has 1 fully saturated rings. The summed E-state index contributed by atoms with van der Waals surface area (Å²) in [7, 11) is 1.92. The fourth-order valence-corrected chi connectivity index (χ4v) is 3.00. The number of carbonyl (C=O) groups excluding carboxylic acids is 1. The van der Waals surface area contributed by atoms with Crippen molar-refractivity contribution < 1.29 is 13.9 Å². The van der Waals surface area contributed by atoms with Crippen molar-refractivity contribution in [2.45, 2.75) is 19.4 Å². The summed E-state index contributed by atoms with van der Waals surface area (Å²) in [5.74, 6) is 0.611. The van der Waals surface area contributed by atoms with Crippen molar-refractivity contribution in [3.05, 3.63) is 28.5 Å². The van der Waals surface area contributed by atoms with Crippen molar-refractivity contribution in [2.24, 2.45) is 5.92 Å². The minimum atomic E-state index is -0.583. The van der Waals surface area contributed by atoms with Crippen LogP contribution in [0.1, 0.15) is 13.3 Å². The molecule has 4 nitrogen and oxygen atoms in total. The van der Waals surface area contributed by atoms with Gasteiger partial charge in [0.1, 0.15) is 11.6 Å². The van der Waals surface area contributed by atoms with Crippen molar-refractivity contribution in [1.82, 2.24) is 10.2 Å². The maximum absolute atomic E-state index is 13.0. The summed E-state index contributed by atoms with van der Waals surface area (Å²) in [5, 5.41) is 3.14. The van der Waals surface area contributed by atoms with E-state index in [0.717, 1.165) is 26.1 Å². The number of nitrogens with zero attached hydrogens (tertiary/aromatic N) is 1. The Morgan fingerprint density at radius 1 is 1.62 bits per heavy atom. The van der Waals surface area contributed by atoms with Crippen LogP contribution in [0.15, 0.2) is 22.7 Å². The predicted molar refractivity (Wildman–Crippen MR) is 82.8 cm³/mol. The van der Waals surface area contributed by atoms with Crippen LogP contribution >= 0.6 is 15.9 Å². The molecule has 1 N–H and O–H groups in total. The predicted octanol–water partition coefficient (Wildman–Crippen LogP) is 2.42. The van der Waals surface area contributed by atoms with Gasteiger partial charge in [-0.1, -0.05) is 0 Å². The quantitative estimate of drug-likeness (QED) is 0.878. The van der Waals surface area contributed by atoms with E-state index in [-0.39, 0.29) is 11.7 Å². The van der Waals surface area contributed by atoms with Crippen LogP contribution in [-0.2, 0) is 4.79 Å². The third-order valence-electron chi connectivity index (χ3n) is 3.64. The number of rotatable bonds is 5. The Labute approximate surface area is 132 Å². The first-order valence-electron chi connectivity index (χ1n) is 7.06. The number of likely N-dealkylation sites (tertiary alicyclic amines) is 1. The molecule has 1 aromatic carbocycles. The molecule has 116 valence electrons. The van der Waals surface area contributed by atoms with Crippen LogP contribution in [0.25, 0.3) is 0 Å². The number of carbonyl (C=O) groups is 1. The highest BCUT2D eigenvalue weighted by molar-refractivity contribution is 9.10. The van der Waals surface area contributed by atoms with Crippen LogP contribution in [0.2, 0.25) is 0 Å². The Morgan fingerprint density at radius 3 is 3.05 bits per heavy atom. The van der Waals surface area contributed by atoms with Gasteiger partial charge >= 0.3 is 0 Å². The van der Waals surface area contributed by atoms with Crippen LogP contribution in [0.4, 0.5) is 4.39 Å². The molecular formula is C15H20BrFN2O2. The Balaban J connectivity index is 1.94. The first-order valence-corrected chi connectivity index (χ1v) is 7.85. The molecule has 2 atom stereocenters. The largest absolute Gasteiger partial charge is 0.480 e. The lowest BCUT2D eigenvalue weighted by Gasteiger charge is -2.22. The van der Waals surface area contributed by atoms with Gasteiger partial charge in [0.25, 0.3) is 5.91 Å². The van der Waals surface area contributed by atoms with Crippen LogP contribution in [0.5, 0.6) is 5.75 Å². The third kappa shape index (κ3) is 4.17. The molecular weight excluding hydrogens is 339 g/mol. The first kappa shape index (κ1) is 16.2. The zero-order valence-electron chi connectivity index (χ0n) is 12.2. The number of hydrogen-bond acceptors (Lipinski definition) is 3. The molecule has 1 saturated heterocycles. The van der Waals surface area contributed by atoms with Gasteiger partial charge in [-0.2, -0.15) is 0 Å². The van der Waals surface area contributed by atoms with Gasteiger partial charge in [0.2, 0.25) is 0 Å². The molecule has 1 amide bonds. The number of nitrogens with one attached hydrogen (secondary N) is 1. The lowest BCUT2D eigenvalue weighted by Crippen LogP contribution is -2.39. The molecule has 1 aliphatic heterocycles. The van der Waals surface area contributed by atoms with Crippen LogP contribution in [0, 0.1) is 11.7 Å². The molecule has 1 aliphatic rings. The molecule has 0 spiro atoms. The lowest BCUT2D eigenvalue weighted by atomic mass is 10.1. The van der Waals surface area contributed by atoms with E-state index in [9.17, 15) is 9.18 Å². The van der Waals surface area contributed by atoms with Crippen molar-refractivity contribution in [3.8, 4) is 5.75 Å². The van der Waals surface area contributed by atoms with E-state index in [2.05, 4.69) is 21.2 Å². The Kier molecular flexibility index (Phi) is 5.58. The van der Waals surface area contributed by atoms with Crippen LogP contribution < -0.4 is 10.1 Å². The average Bonchev–Trinajstić information content (AvgIpc) is 2.90. The van der Waals surface area contributed by atoms with E-state index in [1.807, 2.05) is 11.9 Å². The Morgan fingerprint density at radius 2 is 2.38 bits per heavy atom. The molecule has 0 bridgehead atoms. The summed E-state index contributed by atoms with van der Waals surface area (Å²) in [6.07, 6.45) is 0.430. The zero-order chi connectivity index (χ0) is 15.4. The number of amides is 1. The Bertz CT molecular complexity index is 512. The van der Waals surface area contributed by atoms with E-state index in [1.165, 1.54) is 18.2 Å². The van der Waals surface area contributed by atoms with Crippen molar-refractivity contribution in [2.75, 3.05) is 26.7 Å². The fraction of sp³-hybridized carbons (Fsp3) is 0.533. The minimum absolute atomic E-state index is 0.0233. The summed E-state index contributed by atoms with van der Waals surface area (Å²) >= 11 is 3.24. The second-order valence-corrected chi connectivity index (χ2v) is 6.19. The standard InChI is InChI=1S/C15H20BrFN2O2/c1-10(21-14-4-3-12(17)7-13(14)16)15(20)19-6-5-11(9-19)8-18-2/h3-4,7,10-11,18H,5-6,8-9H2,1-2H3/t10-,11-/m0/s1. The van der Waals surface area contributed by atoms with Crippen LogP contribution in [-0.4, -0.2) is 43.6 Å². The smallest absolute Gasteiger partial charge is 0.263 e. The minimum Gasteiger partial charge on any atom is -0.480 e. The average molecular weight is 359 g/mol. The summed E-state index contributed by atoms with van der Waals surface area (Å²) in [6.45, 7) is 4.17. The van der Waals surface area contributed by atoms with Gasteiger partial charge in [0, 0.05) is 13.1 Å². The number of halogens is 2. The molecule has 2 rings (SSSR count). The van der Waals surface area contributed by atoms with E-state index >= 15 is 0 Å². The van der Waals surface area contributed by atoms with Gasteiger partial charge in [-0.25, -0.2) is 4.39 Å². The summed E-state index contributed by atoms with van der Waals surface area (Å²) in [5.41, 5.74) is 0. The molecule has 0 unspecified atom stereocenters. The number of ether oxygens (including phenoxy) is 1. The summed E-state index contributed by atoms with van der Waals surface area (Å²) in [6, 6.07) is 4.17. The van der Waals surface area contributed by atoms with E-state index < -0.39 is 6.10 Å². The first-order chi connectivity index (χ1) is 10.0. The molecule has 0 radical (unpaired) electrons. The number of benzene rings is 1. The Hall–Kier alpha value is -1.14. The SMILES string of the molecule is CNC[C@@H]1CCN(C(=O)[C@H](C)Oc2ccc(F)cc2Br)C1. The zero-order valence-corrected chi connectivity index (χ0v) is 13.8.